The van der Waals surface area contributed by atoms with E-state index in [0.29, 0.717) is 23.5 Å². The molecule has 1 aromatic carbocycles. The highest BCUT2D eigenvalue weighted by Crippen LogP contribution is 2.34. The van der Waals surface area contributed by atoms with E-state index in [1.807, 2.05) is 12.1 Å². The third-order valence-electron chi connectivity index (χ3n) is 3.12. The smallest absolute Gasteiger partial charge is 0.299 e. The van der Waals surface area contributed by atoms with Gasteiger partial charge in [-0.05, 0) is 40.2 Å². The molecule has 3 rings (SSSR count). The van der Waals surface area contributed by atoms with Crippen LogP contribution in [0.15, 0.2) is 34.1 Å². The van der Waals surface area contributed by atoms with E-state index in [2.05, 4.69) is 15.9 Å². The van der Waals surface area contributed by atoms with E-state index in [1.165, 1.54) is 4.90 Å². The van der Waals surface area contributed by atoms with Crippen molar-refractivity contribution in [2.75, 3.05) is 12.0 Å². The maximum absolute atomic E-state index is 12.1. The highest BCUT2D eigenvalue weighted by atomic mass is 79.9. The van der Waals surface area contributed by atoms with Gasteiger partial charge in [-0.2, -0.15) is 0 Å². The first-order valence-corrected chi connectivity index (χ1v) is 7.49. The molecule has 1 aliphatic heterocycles. The zero-order valence-corrected chi connectivity index (χ0v) is 13.0. The van der Waals surface area contributed by atoms with Crippen LogP contribution in [-0.2, 0) is 11.3 Å². The molecule has 0 fully saturated rings. The third-order valence-corrected chi connectivity index (χ3v) is 4.73. The molecule has 4 nitrogen and oxygen atoms in total. The number of methoxy groups -OCH3 is 1. The number of ether oxygens (including phenoxy) is 1. The number of benzene rings is 1. The summed E-state index contributed by atoms with van der Waals surface area (Å²) in [5, 5.41) is 0. The van der Waals surface area contributed by atoms with Crippen molar-refractivity contribution in [2.45, 2.75) is 6.54 Å². The summed E-state index contributed by atoms with van der Waals surface area (Å²) in [6.07, 6.45) is 0. The van der Waals surface area contributed by atoms with E-state index in [9.17, 15) is 9.59 Å². The van der Waals surface area contributed by atoms with E-state index >= 15 is 0 Å². The van der Waals surface area contributed by atoms with Crippen molar-refractivity contribution in [3.05, 3.63) is 44.6 Å². The van der Waals surface area contributed by atoms with Crippen molar-refractivity contribution in [3.63, 3.8) is 0 Å². The second kappa shape index (κ2) is 5.03. The van der Waals surface area contributed by atoms with Gasteiger partial charge in [-0.3, -0.25) is 14.5 Å². The van der Waals surface area contributed by atoms with Crippen molar-refractivity contribution in [1.29, 1.82) is 0 Å². The van der Waals surface area contributed by atoms with E-state index in [4.69, 9.17) is 4.74 Å². The predicted molar refractivity (Wildman–Crippen MR) is 80.5 cm³/mol. The Morgan fingerprint density at radius 1 is 1.25 bits per heavy atom. The van der Waals surface area contributed by atoms with Gasteiger partial charge >= 0.3 is 0 Å². The number of fused-ring (bicyclic) bond motifs is 1. The summed E-state index contributed by atoms with van der Waals surface area (Å²) in [5.41, 5.74) is 1.05. The minimum Gasteiger partial charge on any atom is -0.497 e. The van der Waals surface area contributed by atoms with Crippen LogP contribution in [0.2, 0.25) is 0 Å². The molecule has 0 N–H and O–H groups in total. The van der Waals surface area contributed by atoms with Gasteiger partial charge in [-0.1, -0.05) is 0 Å². The van der Waals surface area contributed by atoms with Gasteiger partial charge in [-0.25, -0.2) is 0 Å². The lowest BCUT2D eigenvalue weighted by Crippen LogP contribution is -2.28. The van der Waals surface area contributed by atoms with Gasteiger partial charge in [0.1, 0.15) is 5.75 Å². The Balaban J connectivity index is 2.00. The van der Waals surface area contributed by atoms with Crippen LogP contribution in [0.4, 0.5) is 5.69 Å². The van der Waals surface area contributed by atoms with Gasteiger partial charge in [0, 0.05) is 10.9 Å². The highest BCUT2D eigenvalue weighted by Gasteiger charge is 2.36. The minimum absolute atomic E-state index is 0.390. The van der Waals surface area contributed by atoms with E-state index in [-0.39, 0.29) is 0 Å². The molecule has 1 amide bonds. The summed E-state index contributed by atoms with van der Waals surface area (Å²) in [5.74, 6) is -0.320. The Hall–Kier alpha value is -1.66. The molecule has 0 spiro atoms. The molecule has 0 bridgehead atoms. The Kier molecular flexibility index (Phi) is 3.35. The average Bonchev–Trinajstić information content (AvgIpc) is 2.96. The average molecular weight is 352 g/mol. The van der Waals surface area contributed by atoms with Crippen LogP contribution in [0.3, 0.4) is 0 Å². The number of anilines is 1. The molecule has 6 heteroatoms. The first-order valence-electron chi connectivity index (χ1n) is 5.88. The summed E-state index contributed by atoms with van der Waals surface area (Å²) in [6.45, 7) is 0.390. The van der Waals surface area contributed by atoms with Crippen molar-refractivity contribution < 1.29 is 14.3 Å². The first kappa shape index (κ1) is 13.3. The molecular weight excluding hydrogens is 342 g/mol. The molecule has 1 aliphatic rings. The second-order valence-electron chi connectivity index (χ2n) is 4.31. The maximum Gasteiger partial charge on any atom is 0.299 e. The molecular formula is C14H10BrNO3S. The lowest BCUT2D eigenvalue weighted by atomic mass is 10.1. The standard InChI is InChI=1S/C14H10BrNO3S/c1-19-8-2-4-10-11(6-8)16(14(18)13(10)17)7-9-3-5-12(15)20-9/h2-6H,7H2,1H3. The summed E-state index contributed by atoms with van der Waals surface area (Å²) in [6, 6.07) is 8.91. The number of rotatable bonds is 3. The fraction of sp³-hybridized carbons (Fsp3) is 0.143. The predicted octanol–water partition coefficient (Wildman–Crippen LogP) is 3.25. The number of thiophene rings is 1. The molecule has 1 aromatic heterocycles. The zero-order valence-electron chi connectivity index (χ0n) is 10.6. The minimum atomic E-state index is -0.488. The third kappa shape index (κ3) is 2.14. The van der Waals surface area contributed by atoms with Gasteiger partial charge < -0.3 is 4.74 Å². The summed E-state index contributed by atoms with van der Waals surface area (Å²) < 4.78 is 6.16. The Bertz CT molecular complexity index is 710. The first-order chi connectivity index (χ1) is 9.60. The van der Waals surface area contributed by atoms with Crippen molar-refractivity contribution in [1.82, 2.24) is 0 Å². The maximum atomic E-state index is 12.1. The van der Waals surface area contributed by atoms with Crippen LogP contribution in [0.5, 0.6) is 5.75 Å². The highest BCUT2D eigenvalue weighted by molar-refractivity contribution is 9.11. The van der Waals surface area contributed by atoms with Crippen molar-refractivity contribution in [2.24, 2.45) is 0 Å². The fourth-order valence-electron chi connectivity index (χ4n) is 2.15. The Labute approximate surface area is 128 Å². The molecule has 0 unspecified atom stereocenters. The number of carbonyl (C=O) groups excluding carboxylic acids is 2. The molecule has 0 saturated carbocycles. The number of amides is 1. The van der Waals surface area contributed by atoms with E-state index in [0.717, 1.165) is 8.66 Å². The number of nitrogens with zero attached hydrogens (tertiary/aromatic N) is 1. The van der Waals surface area contributed by atoms with E-state index in [1.54, 1.807) is 36.6 Å². The zero-order chi connectivity index (χ0) is 14.3. The molecule has 102 valence electrons. The molecule has 0 saturated heterocycles. The van der Waals surface area contributed by atoms with Gasteiger partial charge in [0.25, 0.3) is 11.7 Å². The van der Waals surface area contributed by atoms with Gasteiger partial charge in [0.15, 0.2) is 0 Å². The van der Waals surface area contributed by atoms with Gasteiger partial charge in [0.2, 0.25) is 0 Å². The fourth-order valence-corrected chi connectivity index (χ4v) is 3.62. The quantitative estimate of drug-likeness (QED) is 0.797. The summed E-state index contributed by atoms with van der Waals surface area (Å²) >= 11 is 4.93. The monoisotopic (exact) mass is 351 g/mol. The lowest BCUT2D eigenvalue weighted by molar-refractivity contribution is -0.114. The molecule has 2 heterocycles. The number of carbonyl (C=O) groups is 2. The number of hydrogen-bond acceptors (Lipinski definition) is 4. The SMILES string of the molecule is COc1ccc2c(c1)N(Cc1ccc(Br)s1)C(=O)C2=O. The van der Waals surface area contributed by atoms with Crippen LogP contribution in [0, 0.1) is 0 Å². The van der Waals surface area contributed by atoms with Crippen LogP contribution in [0.25, 0.3) is 0 Å². The number of halogens is 1. The van der Waals surface area contributed by atoms with Crippen molar-refractivity contribution in [3.8, 4) is 5.75 Å². The van der Waals surface area contributed by atoms with Gasteiger partial charge in [0.05, 0.1) is 28.7 Å². The topological polar surface area (TPSA) is 46.6 Å². The second-order valence-corrected chi connectivity index (χ2v) is 6.86. The van der Waals surface area contributed by atoms with Crippen molar-refractivity contribution >= 4 is 44.6 Å². The number of hydrogen-bond donors (Lipinski definition) is 0. The summed E-state index contributed by atoms with van der Waals surface area (Å²) in [4.78, 5) is 26.6. The summed E-state index contributed by atoms with van der Waals surface area (Å²) in [7, 11) is 1.56. The van der Waals surface area contributed by atoms with Gasteiger partial charge in [-0.15, -0.1) is 11.3 Å². The Morgan fingerprint density at radius 2 is 2.05 bits per heavy atom. The molecule has 20 heavy (non-hydrogen) atoms. The Morgan fingerprint density at radius 3 is 2.70 bits per heavy atom. The normalized spacial score (nSPS) is 13.8. The lowest BCUT2D eigenvalue weighted by Gasteiger charge is -2.15. The van der Waals surface area contributed by atoms with E-state index < -0.39 is 11.7 Å². The molecule has 2 aromatic rings. The molecule has 0 atom stereocenters. The van der Waals surface area contributed by atoms with Crippen LogP contribution in [-0.4, -0.2) is 18.8 Å². The van der Waals surface area contributed by atoms with Crippen LogP contribution < -0.4 is 9.64 Å². The number of Topliss-reactive ketones (excluding diaryl/α,β-unsaturated/α-hetero) is 1. The van der Waals surface area contributed by atoms with Crippen LogP contribution >= 0.6 is 27.3 Å². The molecule has 0 aliphatic carbocycles. The molecule has 0 radical (unpaired) electrons. The number of ketones is 1. The largest absolute Gasteiger partial charge is 0.497 e. The van der Waals surface area contributed by atoms with Crippen LogP contribution in [0.1, 0.15) is 15.2 Å².